The Balaban J connectivity index is 2.09. The predicted molar refractivity (Wildman–Crippen MR) is 85.1 cm³/mol. The number of benzene rings is 1. The van der Waals surface area contributed by atoms with E-state index < -0.39 is 0 Å². The van der Waals surface area contributed by atoms with Crippen LogP contribution in [-0.2, 0) is 6.42 Å². The van der Waals surface area contributed by atoms with Crippen LogP contribution in [0.15, 0.2) is 18.2 Å². The summed E-state index contributed by atoms with van der Waals surface area (Å²) in [4.78, 5) is 0. The molecule has 0 spiro atoms. The van der Waals surface area contributed by atoms with Gasteiger partial charge in [-0.2, -0.15) is 0 Å². The second-order valence-electron chi connectivity index (χ2n) is 7.13. The van der Waals surface area contributed by atoms with E-state index in [1.807, 2.05) is 6.07 Å². The monoisotopic (exact) mass is 295 g/mol. The van der Waals surface area contributed by atoms with Gasteiger partial charge in [0, 0.05) is 17.6 Å². The second kappa shape index (κ2) is 6.05. The highest BCUT2D eigenvalue weighted by Crippen LogP contribution is 2.45. The van der Waals surface area contributed by atoms with Crippen LogP contribution in [0.3, 0.4) is 0 Å². The van der Waals surface area contributed by atoms with Crippen molar-refractivity contribution in [1.82, 2.24) is 5.32 Å². The lowest BCUT2D eigenvalue weighted by molar-refractivity contribution is 0.132. The molecule has 1 aliphatic carbocycles. The molecule has 2 unspecified atom stereocenters. The quantitative estimate of drug-likeness (QED) is 0.862. The molecule has 112 valence electrons. The van der Waals surface area contributed by atoms with E-state index >= 15 is 0 Å². The van der Waals surface area contributed by atoms with E-state index in [1.165, 1.54) is 11.1 Å². The summed E-state index contributed by atoms with van der Waals surface area (Å²) in [6, 6.07) is 6.42. The molecule has 0 radical (unpaired) electrons. The van der Waals surface area contributed by atoms with Crippen molar-refractivity contribution in [3.05, 3.63) is 34.3 Å². The Kier molecular flexibility index (Phi) is 4.78. The molecule has 2 atom stereocenters. The van der Waals surface area contributed by atoms with Crippen LogP contribution in [0.4, 0.5) is 0 Å². The van der Waals surface area contributed by atoms with E-state index in [9.17, 15) is 5.11 Å². The summed E-state index contributed by atoms with van der Waals surface area (Å²) < 4.78 is 0. The normalized spacial score (nSPS) is 22.1. The number of aliphatic hydroxyl groups is 1. The summed E-state index contributed by atoms with van der Waals surface area (Å²) in [6.45, 7) is 9.45. The van der Waals surface area contributed by atoms with E-state index in [-0.39, 0.29) is 17.6 Å². The molecule has 0 saturated carbocycles. The molecule has 0 fully saturated rings. The Morgan fingerprint density at radius 3 is 2.75 bits per heavy atom. The lowest BCUT2D eigenvalue weighted by Crippen LogP contribution is -2.36. The number of hydrogen-bond donors (Lipinski definition) is 2. The van der Waals surface area contributed by atoms with Gasteiger partial charge in [-0.15, -0.1) is 0 Å². The highest BCUT2D eigenvalue weighted by Gasteiger charge is 2.38. The molecule has 0 heterocycles. The van der Waals surface area contributed by atoms with Crippen molar-refractivity contribution < 1.29 is 5.11 Å². The number of aliphatic hydroxyl groups excluding tert-OH is 1. The molecule has 1 aromatic rings. The zero-order chi connectivity index (χ0) is 14.9. The molecule has 20 heavy (non-hydrogen) atoms. The number of nitrogens with one attached hydrogen (secondary N) is 1. The van der Waals surface area contributed by atoms with Crippen molar-refractivity contribution in [2.24, 2.45) is 11.3 Å². The molecule has 0 bridgehead atoms. The molecular weight excluding hydrogens is 270 g/mol. The van der Waals surface area contributed by atoms with E-state index in [1.54, 1.807) is 0 Å². The fourth-order valence-electron chi connectivity index (χ4n) is 3.28. The van der Waals surface area contributed by atoms with Gasteiger partial charge in [0.1, 0.15) is 0 Å². The number of fused-ring (bicyclic) bond motifs is 1. The van der Waals surface area contributed by atoms with Crippen LogP contribution < -0.4 is 5.32 Å². The molecule has 1 aromatic carbocycles. The first kappa shape index (κ1) is 15.8. The van der Waals surface area contributed by atoms with Gasteiger partial charge in [0.05, 0.1) is 6.10 Å². The minimum Gasteiger partial charge on any atom is -0.392 e. The highest BCUT2D eigenvalue weighted by atomic mass is 35.5. The number of hydrogen-bond acceptors (Lipinski definition) is 2. The van der Waals surface area contributed by atoms with Crippen molar-refractivity contribution >= 4 is 11.6 Å². The van der Waals surface area contributed by atoms with Crippen LogP contribution in [0.25, 0.3) is 0 Å². The van der Waals surface area contributed by atoms with E-state index in [0.29, 0.717) is 12.5 Å². The van der Waals surface area contributed by atoms with Crippen LogP contribution >= 0.6 is 11.6 Å². The van der Waals surface area contributed by atoms with Gasteiger partial charge < -0.3 is 10.4 Å². The molecular formula is C17H26ClNO. The summed E-state index contributed by atoms with van der Waals surface area (Å²) >= 11 is 6.14. The molecule has 2 N–H and O–H groups in total. The number of rotatable bonds is 5. The summed E-state index contributed by atoms with van der Waals surface area (Å²) in [5.41, 5.74) is 2.82. The average molecular weight is 296 g/mol. The van der Waals surface area contributed by atoms with Crippen molar-refractivity contribution in [2.45, 2.75) is 52.7 Å². The maximum absolute atomic E-state index is 10.1. The average Bonchev–Trinajstić information content (AvgIpc) is 2.55. The summed E-state index contributed by atoms with van der Waals surface area (Å²) in [6.07, 6.45) is 1.61. The molecule has 3 heteroatoms. The van der Waals surface area contributed by atoms with Gasteiger partial charge in [0.25, 0.3) is 0 Å². The van der Waals surface area contributed by atoms with Crippen molar-refractivity contribution in [1.29, 1.82) is 0 Å². The lowest BCUT2D eigenvalue weighted by atomic mass is 9.85. The Bertz CT molecular complexity index is 470. The minimum absolute atomic E-state index is 0.157. The van der Waals surface area contributed by atoms with Crippen molar-refractivity contribution in [3.8, 4) is 0 Å². The lowest BCUT2D eigenvalue weighted by Gasteiger charge is -2.30. The Morgan fingerprint density at radius 2 is 2.10 bits per heavy atom. The largest absolute Gasteiger partial charge is 0.392 e. The van der Waals surface area contributed by atoms with Crippen molar-refractivity contribution in [3.63, 3.8) is 0 Å². The van der Waals surface area contributed by atoms with E-state index in [0.717, 1.165) is 17.9 Å². The topological polar surface area (TPSA) is 32.3 Å². The third-order valence-electron chi connectivity index (χ3n) is 4.15. The van der Waals surface area contributed by atoms with Crippen LogP contribution in [0.5, 0.6) is 0 Å². The molecule has 2 rings (SSSR count). The van der Waals surface area contributed by atoms with Gasteiger partial charge in [-0.1, -0.05) is 45.4 Å². The molecule has 0 aliphatic heterocycles. The molecule has 2 nitrogen and oxygen atoms in total. The van der Waals surface area contributed by atoms with Crippen LogP contribution in [-0.4, -0.2) is 17.8 Å². The molecule has 0 aromatic heterocycles. The fraction of sp³-hybridized carbons (Fsp3) is 0.647. The van der Waals surface area contributed by atoms with Gasteiger partial charge in [0.2, 0.25) is 0 Å². The summed E-state index contributed by atoms with van der Waals surface area (Å²) in [7, 11) is 0. The van der Waals surface area contributed by atoms with Gasteiger partial charge in [-0.3, -0.25) is 0 Å². The van der Waals surface area contributed by atoms with Gasteiger partial charge in [-0.25, -0.2) is 0 Å². The van der Waals surface area contributed by atoms with Crippen molar-refractivity contribution in [2.75, 3.05) is 6.54 Å². The van der Waals surface area contributed by atoms with Crippen LogP contribution in [0.1, 0.15) is 51.3 Å². The molecule has 0 saturated heterocycles. The predicted octanol–water partition coefficient (Wildman–Crippen LogP) is 3.96. The summed E-state index contributed by atoms with van der Waals surface area (Å²) in [5, 5.41) is 14.4. The van der Waals surface area contributed by atoms with E-state index in [4.69, 9.17) is 11.6 Å². The Morgan fingerprint density at radius 1 is 1.40 bits per heavy atom. The zero-order valence-corrected chi connectivity index (χ0v) is 13.7. The fourth-order valence-corrected chi connectivity index (χ4v) is 3.46. The zero-order valence-electron chi connectivity index (χ0n) is 12.9. The van der Waals surface area contributed by atoms with Crippen LogP contribution in [0, 0.1) is 11.3 Å². The first-order valence-electron chi connectivity index (χ1n) is 7.49. The smallest absolute Gasteiger partial charge is 0.0667 e. The van der Waals surface area contributed by atoms with Gasteiger partial charge >= 0.3 is 0 Å². The van der Waals surface area contributed by atoms with Gasteiger partial charge in [0.15, 0.2) is 0 Å². The Labute approximate surface area is 127 Å². The minimum atomic E-state index is -0.283. The maximum Gasteiger partial charge on any atom is 0.0667 e. The highest BCUT2D eigenvalue weighted by molar-refractivity contribution is 6.30. The first-order chi connectivity index (χ1) is 9.29. The van der Waals surface area contributed by atoms with Gasteiger partial charge in [-0.05, 0) is 47.4 Å². The number of halogens is 1. The molecule has 0 amide bonds. The standard InChI is InChI=1S/C17H26ClNO/c1-11(2)7-14(20)10-19-16-15-8-13(18)6-5-12(15)9-17(16,3)4/h5-6,8,11,14,16,19-20H,7,9-10H2,1-4H3. The summed E-state index contributed by atoms with van der Waals surface area (Å²) in [5.74, 6) is 0.519. The SMILES string of the molecule is CC(C)CC(O)CNC1c2cc(Cl)ccc2CC1(C)C. The third kappa shape index (κ3) is 3.55. The van der Waals surface area contributed by atoms with Crippen LogP contribution in [0.2, 0.25) is 5.02 Å². The molecule has 1 aliphatic rings. The third-order valence-corrected chi connectivity index (χ3v) is 4.38. The Hall–Kier alpha value is -0.570. The van der Waals surface area contributed by atoms with E-state index in [2.05, 4.69) is 45.1 Å². The first-order valence-corrected chi connectivity index (χ1v) is 7.87. The second-order valence-corrected chi connectivity index (χ2v) is 7.57. The maximum atomic E-state index is 10.1.